The minimum Gasteiger partial charge on any atom is -0.484 e. The lowest BCUT2D eigenvalue weighted by molar-refractivity contribution is -0.143. The molecule has 3 aromatic carbocycles. The maximum absolute atomic E-state index is 13.8. The molecule has 2 amide bonds. The number of nitrogens with one attached hydrogen (secondary N) is 1. The average Bonchev–Trinajstić information content (AvgIpc) is 2.92. The summed E-state index contributed by atoms with van der Waals surface area (Å²) >= 11 is 8.33. The molecule has 1 aliphatic rings. The number of carbonyl (C=O) groups excluding carboxylic acids is 2. The van der Waals surface area contributed by atoms with Gasteiger partial charge in [-0.05, 0) is 83.0 Å². The van der Waals surface area contributed by atoms with Crippen LogP contribution in [0.4, 0.5) is 0 Å². The summed E-state index contributed by atoms with van der Waals surface area (Å²) in [6.45, 7) is 0.123. The molecule has 0 aromatic heterocycles. The van der Waals surface area contributed by atoms with Crippen molar-refractivity contribution in [2.75, 3.05) is 6.61 Å². The van der Waals surface area contributed by atoms with Gasteiger partial charge in [-0.1, -0.05) is 73.3 Å². The Hall–Kier alpha value is -2.58. The molecule has 5 nitrogen and oxygen atoms in total. The summed E-state index contributed by atoms with van der Waals surface area (Å²) in [5.74, 6) is 0.257. The number of carbonyl (C=O) groups is 2. The lowest BCUT2D eigenvalue weighted by Crippen LogP contribution is -2.53. The highest BCUT2D eigenvalue weighted by atomic mass is 127. The standard InChI is InChI=1S/C30H32ClIN2O3/c31-24-13-11-23(12-14-24)20-34(29(35)21-37-27-17-15-25(32)16-18-27)28(19-22-7-3-1-4-8-22)30(36)33-26-9-5-2-6-10-26/h1,3-4,7-8,11-18,26,28H,2,5-6,9-10,19-21H2,(H,33,36)/t28-/m1/s1. The Balaban J connectivity index is 1.59. The van der Waals surface area contributed by atoms with Crippen LogP contribution in [0.3, 0.4) is 0 Å². The molecule has 37 heavy (non-hydrogen) atoms. The maximum Gasteiger partial charge on any atom is 0.261 e. The normalized spacial score (nSPS) is 14.5. The van der Waals surface area contributed by atoms with Gasteiger partial charge in [-0.15, -0.1) is 0 Å². The van der Waals surface area contributed by atoms with Crippen molar-refractivity contribution in [3.05, 3.63) is 98.6 Å². The summed E-state index contributed by atoms with van der Waals surface area (Å²) in [6, 6.07) is 24.3. The summed E-state index contributed by atoms with van der Waals surface area (Å²) in [6.07, 6.45) is 5.81. The van der Waals surface area contributed by atoms with Crippen LogP contribution in [0.5, 0.6) is 5.75 Å². The molecule has 4 rings (SSSR count). The van der Waals surface area contributed by atoms with Gasteiger partial charge in [0.2, 0.25) is 5.91 Å². The SMILES string of the molecule is O=C(NC1CCCCC1)[C@@H](Cc1ccccc1)N(Cc1ccc(Cl)cc1)C(=O)COc1ccc(I)cc1. The molecule has 0 spiro atoms. The molecule has 0 heterocycles. The number of nitrogens with zero attached hydrogens (tertiary/aromatic N) is 1. The molecule has 1 aliphatic carbocycles. The molecule has 0 unspecified atom stereocenters. The monoisotopic (exact) mass is 630 g/mol. The van der Waals surface area contributed by atoms with Gasteiger partial charge in [0, 0.05) is 27.6 Å². The first-order valence-corrected chi connectivity index (χ1v) is 14.2. The lowest BCUT2D eigenvalue weighted by atomic mass is 9.94. The Morgan fingerprint density at radius 2 is 1.59 bits per heavy atom. The number of ether oxygens (including phenoxy) is 1. The van der Waals surface area contributed by atoms with Crippen molar-refractivity contribution < 1.29 is 14.3 Å². The van der Waals surface area contributed by atoms with Crippen LogP contribution < -0.4 is 10.1 Å². The summed E-state index contributed by atoms with van der Waals surface area (Å²) in [4.78, 5) is 29.1. The second-order valence-electron chi connectivity index (χ2n) is 9.44. The van der Waals surface area contributed by atoms with Gasteiger partial charge in [0.1, 0.15) is 11.8 Å². The van der Waals surface area contributed by atoms with Gasteiger partial charge in [-0.25, -0.2) is 0 Å². The fourth-order valence-corrected chi connectivity index (χ4v) is 5.13. The molecule has 0 bridgehead atoms. The lowest BCUT2D eigenvalue weighted by Gasteiger charge is -2.33. The molecule has 1 atom stereocenters. The molecule has 0 aliphatic heterocycles. The number of halogens is 2. The van der Waals surface area contributed by atoms with E-state index in [9.17, 15) is 9.59 Å². The largest absolute Gasteiger partial charge is 0.484 e. The first-order chi connectivity index (χ1) is 18.0. The van der Waals surface area contributed by atoms with Crippen LogP contribution >= 0.6 is 34.2 Å². The molecule has 194 valence electrons. The molecule has 7 heteroatoms. The second-order valence-corrected chi connectivity index (χ2v) is 11.1. The highest BCUT2D eigenvalue weighted by Gasteiger charge is 2.32. The van der Waals surface area contributed by atoms with Gasteiger partial charge in [-0.3, -0.25) is 9.59 Å². The minimum absolute atomic E-state index is 0.118. The Morgan fingerprint density at radius 1 is 0.919 bits per heavy atom. The second kappa shape index (κ2) is 13.8. The summed E-state index contributed by atoms with van der Waals surface area (Å²) < 4.78 is 6.93. The fraction of sp³-hybridized carbons (Fsp3) is 0.333. The van der Waals surface area contributed by atoms with E-state index in [2.05, 4.69) is 27.9 Å². The van der Waals surface area contributed by atoms with Gasteiger partial charge in [0.25, 0.3) is 5.91 Å². The Bertz CT molecular complexity index is 1150. The van der Waals surface area contributed by atoms with E-state index >= 15 is 0 Å². The van der Waals surface area contributed by atoms with Crippen LogP contribution in [0.25, 0.3) is 0 Å². The molecule has 0 saturated heterocycles. The summed E-state index contributed by atoms with van der Waals surface area (Å²) in [7, 11) is 0. The summed E-state index contributed by atoms with van der Waals surface area (Å²) in [5, 5.41) is 3.88. The van der Waals surface area contributed by atoms with Crippen molar-refractivity contribution in [1.29, 1.82) is 0 Å². The molecular weight excluding hydrogens is 599 g/mol. The molecular formula is C30H32ClIN2O3. The van der Waals surface area contributed by atoms with Gasteiger partial charge >= 0.3 is 0 Å². The average molecular weight is 631 g/mol. The highest BCUT2D eigenvalue weighted by Crippen LogP contribution is 2.21. The smallest absolute Gasteiger partial charge is 0.261 e. The van der Waals surface area contributed by atoms with E-state index in [1.807, 2.05) is 66.7 Å². The van der Waals surface area contributed by atoms with Gasteiger partial charge in [-0.2, -0.15) is 0 Å². The predicted molar refractivity (Wildman–Crippen MR) is 156 cm³/mol. The zero-order valence-corrected chi connectivity index (χ0v) is 23.7. The van der Waals surface area contributed by atoms with E-state index < -0.39 is 6.04 Å². The van der Waals surface area contributed by atoms with Crippen molar-refractivity contribution in [1.82, 2.24) is 10.2 Å². The first-order valence-electron chi connectivity index (χ1n) is 12.7. The summed E-state index contributed by atoms with van der Waals surface area (Å²) in [5.41, 5.74) is 1.90. The molecule has 3 aromatic rings. The van der Waals surface area contributed by atoms with E-state index in [4.69, 9.17) is 16.3 Å². The zero-order valence-electron chi connectivity index (χ0n) is 20.7. The van der Waals surface area contributed by atoms with E-state index in [-0.39, 0.29) is 31.0 Å². The number of hydrogen-bond acceptors (Lipinski definition) is 3. The topological polar surface area (TPSA) is 58.6 Å². The number of rotatable bonds is 10. The first kappa shape index (κ1) is 27.5. The molecule has 1 saturated carbocycles. The predicted octanol–water partition coefficient (Wildman–Crippen LogP) is 6.41. The van der Waals surface area contributed by atoms with Crippen LogP contribution in [-0.2, 0) is 22.6 Å². The van der Waals surface area contributed by atoms with E-state index in [0.29, 0.717) is 17.2 Å². The third-order valence-corrected chi connectivity index (χ3v) is 7.64. The van der Waals surface area contributed by atoms with Crippen LogP contribution in [0.15, 0.2) is 78.9 Å². The Kier molecular flexibility index (Phi) is 10.3. The van der Waals surface area contributed by atoms with Crippen LogP contribution in [-0.4, -0.2) is 35.4 Å². The van der Waals surface area contributed by atoms with Gasteiger partial charge in [0.15, 0.2) is 6.61 Å². The van der Waals surface area contributed by atoms with Crippen molar-refractivity contribution in [2.24, 2.45) is 0 Å². The van der Waals surface area contributed by atoms with Gasteiger partial charge in [0.05, 0.1) is 0 Å². The van der Waals surface area contributed by atoms with Crippen molar-refractivity contribution >= 4 is 46.0 Å². The van der Waals surface area contributed by atoms with Crippen LogP contribution in [0.2, 0.25) is 5.02 Å². The molecule has 1 fully saturated rings. The number of hydrogen-bond donors (Lipinski definition) is 1. The molecule has 1 N–H and O–H groups in total. The quantitative estimate of drug-likeness (QED) is 0.264. The fourth-order valence-electron chi connectivity index (χ4n) is 4.64. The van der Waals surface area contributed by atoms with Crippen LogP contribution in [0.1, 0.15) is 43.2 Å². The van der Waals surface area contributed by atoms with Crippen molar-refractivity contribution in [3.63, 3.8) is 0 Å². The Morgan fingerprint density at radius 3 is 2.27 bits per heavy atom. The highest BCUT2D eigenvalue weighted by molar-refractivity contribution is 14.1. The third kappa shape index (κ3) is 8.47. The van der Waals surface area contributed by atoms with E-state index in [1.54, 1.807) is 17.0 Å². The maximum atomic E-state index is 13.8. The van der Waals surface area contributed by atoms with Crippen molar-refractivity contribution in [2.45, 2.75) is 57.2 Å². The van der Waals surface area contributed by atoms with Gasteiger partial charge < -0.3 is 15.0 Å². The van der Waals surface area contributed by atoms with Crippen molar-refractivity contribution in [3.8, 4) is 5.75 Å². The zero-order chi connectivity index (χ0) is 26.0. The minimum atomic E-state index is -0.673. The van der Waals surface area contributed by atoms with E-state index in [0.717, 1.165) is 40.4 Å². The van der Waals surface area contributed by atoms with E-state index in [1.165, 1.54) is 6.42 Å². The third-order valence-electron chi connectivity index (χ3n) is 6.66. The number of benzene rings is 3. The Labute approximate surface area is 237 Å². The molecule has 0 radical (unpaired) electrons. The van der Waals surface area contributed by atoms with Crippen LogP contribution in [0, 0.1) is 3.57 Å². The number of amides is 2.